The van der Waals surface area contributed by atoms with Gasteiger partial charge >= 0.3 is 0 Å². The van der Waals surface area contributed by atoms with Gasteiger partial charge in [-0.05, 0) is 31.9 Å². The minimum atomic E-state index is 0.0255. The smallest absolute Gasteiger partial charge is 0.257 e. The van der Waals surface area contributed by atoms with Gasteiger partial charge in [0.25, 0.3) is 5.91 Å². The summed E-state index contributed by atoms with van der Waals surface area (Å²) in [5.41, 5.74) is 0.591. The maximum absolute atomic E-state index is 12.8. The number of likely N-dealkylation sites (tertiary alicyclic amines) is 1. The van der Waals surface area contributed by atoms with Crippen LogP contribution in [0.2, 0.25) is 0 Å². The predicted molar refractivity (Wildman–Crippen MR) is 82.5 cm³/mol. The molecule has 1 amide bonds. The lowest BCUT2D eigenvalue weighted by atomic mass is 9.92. The summed E-state index contributed by atoms with van der Waals surface area (Å²) in [4.78, 5) is 14.7. The topological polar surface area (TPSA) is 48.0 Å². The number of carbonyl (C=O) groups is 1. The normalized spacial score (nSPS) is 27.4. The van der Waals surface area contributed by atoms with Crippen molar-refractivity contribution in [1.82, 2.24) is 4.90 Å². The fourth-order valence-electron chi connectivity index (χ4n) is 3.53. The van der Waals surface area contributed by atoms with Crippen LogP contribution in [0.1, 0.15) is 30.1 Å². The molecule has 0 spiro atoms. The molecule has 0 N–H and O–H groups in total. The van der Waals surface area contributed by atoms with Crippen molar-refractivity contribution in [3.05, 3.63) is 23.8 Å². The zero-order chi connectivity index (χ0) is 15.7. The van der Waals surface area contributed by atoms with Crippen molar-refractivity contribution in [3.8, 4) is 11.5 Å². The number of piperidine rings is 1. The fourth-order valence-corrected chi connectivity index (χ4v) is 3.53. The molecule has 0 aliphatic carbocycles. The van der Waals surface area contributed by atoms with Crippen LogP contribution in [0.3, 0.4) is 0 Å². The Labute approximate surface area is 131 Å². The molecule has 2 aliphatic heterocycles. The van der Waals surface area contributed by atoms with Gasteiger partial charge in [-0.1, -0.05) is 0 Å². The van der Waals surface area contributed by atoms with E-state index in [0.29, 0.717) is 35.2 Å². The highest BCUT2D eigenvalue weighted by molar-refractivity contribution is 5.97. The SMILES string of the molecule is COc1ccc(C(=O)N2CC[C@@H]3O[C@@H](C)C[C@H]3C2)c(OC)c1. The van der Waals surface area contributed by atoms with Crippen LogP contribution in [0.25, 0.3) is 0 Å². The van der Waals surface area contributed by atoms with Gasteiger partial charge in [-0.3, -0.25) is 4.79 Å². The first-order valence-corrected chi connectivity index (χ1v) is 7.79. The first-order chi connectivity index (χ1) is 10.6. The maximum Gasteiger partial charge on any atom is 0.257 e. The zero-order valence-electron chi connectivity index (χ0n) is 13.4. The van der Waals surface area contributed by atoms with Crippen LogP contribution >= 0.6 is 0 Å². The third-order valence-corrected chi connectivity index (χ3v) is 4.63. The Kier molecular flexibility index (Phi) is 4.25. The van der Waals surface area contributed by atoms with Crippen LogP contribution in [0.5, 0.6) is 11.5 Å². The van der Waals surface area contributed by atoms with E-state index >= 15 is 0 Å². The molecule has 0 bridgehead atoms. The van der Waals surface area contributed by atoms with Gasteiger partial charge in [0.2, 0.25) is 0 Å². The Morgan fingerprint density at radius 1 is 1.32 bits per heavy atom. The Bertz CT molecular complexity index is 560. The van der Waals surface area contributed by atoms with Gasteiger partial charge in [0.15, 0.2) is 0 Å². The maximum atomic E-state index is 12.8. The molecule has 2 saturated heterocycles. The standard InChI is InChI=1S/C17H23NO4/c1-11-8-12-10-18(7-6-15(12)22-11)17(19)14-5-4-13(20-2)9-16(14)21-3/h4-5,9,11-12,15H,6-8,10H2,1-3H3/t11-,12-,15-/m0/s1. The summed E-state index contributed by atoms with van der Waals surface area (Å²) in [6.07, 6.45) is 2.57. The highest BCUT2D eigenvalue weighted by Gasteiger charge is 2.39. The average molecular weight is 305 g/mol. The second-order valence-electron chi connectivity index (χ2n) is 6.09. The molecule has 1 aromatic rings. The van der Waals surface area contributed by atoms with Gasteiger partial charge in [0.1, 0.15) is 11.5 Å². The molecule has 2 aliphatic rings. The quantitative estimate of drug-likeness (QED) is 0.860. The minimum absolute atomic E-state index is 0.0255. The fraction of sp³-hybridized carbons (Fsp3) is 0.588. The Morgan fingerprint density at radius 2 is 2.14 bits per heavy atom. The number of hydrogen-bond acceptors (Lipinski definition) is 4. The van der Waals surface area contributed by atoms with E-state index in [0.717, 1.165) is 25.9 Å². The number of hydrogen-bond donors (Lipinski definition) is 0. The van der Waals surface area contributed by atoms with Crippen molar-refractivity contribution in [2.45, 2.75) is 32.0 Å². The molecule has 22 heavy (non-hydrogen) atoms. The molecule has 120 valence electrons. The largest absolute Gasteiger partial charge is 0.497 e. The van der Waals surface area contributed by atoms with E-state index in [4.69, 9.17) is 14.2 Å². The second kappa shape index (κ2) is 6.16. The Balaban J connectivity index is 1.77. The van der Waals surface area contributed by atoms with E-state index < -0.39 is 0 Å². The van der Waals surface area contributed by atoms with Crippen LogP contribution < -0.4 is 9.47 Å². The summed E-state index contributed by atoms with van der Waals surface area (Å²) in [5.74, 6) is 1.72. The highest BCUT2D eigenvalue weighted by Crippen LogP contribution is 2.34. The lowest BCUT2D eigenvalue weighted by Gasteiger charge is -2.34. The number of amides is 1. The summed E-state index contributed by atoms with van der Waals surface area (Å²) in [7, 11) is 3.17. The average Bonchev–Trinajstić information content (AvgIpc) is 2.92. The minimum Gasteiger partial charge on any atom is -0.497 e. The number of benzene rings is 1. The Morgan fingerprint density at radius 3 is 2.86 bits per heavy atom. The zero-order valence-corrected chi connectivity index (χ0v) is 13.4. The number of methoxy groups -OCH3 is 2. The highest BCUT2D eigenvalue weighted by atomic mass is 16.5. The van der Waals surface area contributed by atoms with Crippen LogP contribution in [-0.2, 0) is 4.74 Å². The van der Waals surface area contributed by atoms with Crippen molar-refractivity contribution in [3.63, 3.8) is 0 Å². The van der Waals surface area contributed by atoms with Crippen LogP contribution in [0.4, 0.5) is 0 Å². The number of nitrogens with zero attached hydrogens (tertiary/aromatic N) is 1. The van der Waals surface area contributed by atoms with E-state index in [1.807, 2.05) is 4.90 Å². The van der Waals surface area contributed by atoms with Gasteiger partial charge in [-0.15, -0.1) is 0 Å². The number of rotatable bonds is 3. The first-order valence-electron chi connectivity index (χ1n) is 7.79. The molecule has 0 saturated carbocycles. The van der Waals surface area contributed by atoms with Gasteiger partial charge < -0.3 is 19.1 Å². The molecule has 2 fully saturated rings. The predicted octanol–water partition coefficient (Wildman–Crippen LogP) is 2.34. The van der Waals surface area contributed by atoms with E-state index in [2.05, 4.69) is 6.92 Å². The van der Waals surface area contributed by atoms with E-state index in [-0.39, 0.29) is 5.91 Å². The lowest BCUT2D eigenvalue weighted by Crippen LogP contribution is -2.44. The summed E-state index contributed by atoms with van der Waals surface area (Å²) >= 11 is 0. The third-order valence-electron chi connectivity index (χ3n) is 4.63. The van der Waals surface area contributed by atoms with E-state index in [1.165, 1.54) is 0 Å². The van der Waals surface area contributed by atoms with Gasteiger partial charge in [-0.25, -0.2) is 0 Å². The number of fused-ring (bicyclic) bond motifs is 1. The molecule has 3 atom stereocenters. The van der Waals surface area contributed by atoms with Crippen molar-refractivity contribution < 1.29 is 19.0 Å². The third kappa shape index (κ3) is 2.77. The first kappa shape index (κ1) is 15.2. The van der Waals surface area contributed by atoms with Crippen LogP contribution in [0, 0.1) is 5.92 Å². The van der Waals surface area contributed by atoms with Crippen LogP contribution in [0.15, 0.2) is 18.2 Å². The Hall–Kier alpha value is -1.75. The summed E-state index contributed by atoms with van der Waals surface area (Å²) in [6, 6.07) is 5.32. The molecule has 0 unspecified atom stereocenters. The molecular formula is C17H23NO4. The van der Waals surface area contributed by atoms with Gasteiger partial charge in [-0.2, -0.15) is 0 Å². The number of carbonyl (C=O) groups excluding carboxylic acids is 1. The molecule has 0 aromatic heterocycles. The molecule has 2 heterocycles. The molecule has 5 nitrogen and oxygen atoms in total. The van der Waals surface area contributed by atoms with Crippen molar-refractivity contribution >= 4 is 5.91 Å². The van der Waals surface area contributed by atoms with Crippen molar-refractivity contribution in [1.29, 1.82) is 0 Å². The second-order valence-corrected chi connectivity index (χ2v) is 6.09. The van der Waals surface area contributed by atoms with Gasteiger partial charge in [0.05, 0.1) is 32.0 Å². The molecule has 5 heteroatoms. The van der Waals surface area contributed by atoms with Gasteiger partial charge in [0, 0.05) is 25.1 Å². The van der Waals surface area contributed by atoms with Crippen LogP contribution in [-0.4, -0.2) is 50.3 Å². The van der Waals surface area contributed by atoms with Crippen molar-refractivity contribution in [2.75, 3.05) is 27.3 Å². The molecule has 0 radical (unpaired) electrons. The molecule has 1 aromatic carbocycles. The molecular weight excluding hydrogens is 282 g/mol. The summed E-state index contributed by atoms with van der Waals surface area (Å²) < 4.78 is 16.4. The van der Waals surface area contributed by atoms with E-state index in [9.17, 15) is 4.79 Å². The summed E-state index contributed by atoms with van der Waals surface area (Å²) in [6.45, 7) is 3.61. The van der Waals surface area contributed by atoms with Crippen molar-refractivity contribution in [2.24, 2.45) is 5.92 Å². The van der Waals surface area contributed by atoms with E-state index in [1.54, 1.807) is 32.4 Å². The lowest BCUT2D eigenvalue weighted by molar-refractivity contribution is 0.00858. The molecule has 3 rings (SSSR count). The number of ether oxygens (including phenoxy) is 3. The summed E-state index contributed by atoms with van der Waals surface area (Å²) in [5, 5.41) is 0. The monoisotopic (exact) mass is 305 g/mol.